The summed E-state index contributed by atoms with van der Waals surface area (Å²) in [5.74, 6) is -2.67. The van der Waals surface area contributed by atoms with Gasteiger partial charge >= 0.3 is 5.97 Å². The van der Waals surface area contributed by atoms with Crippen molar-refractivity contribution in [3.8, 4) is 0 Å². The molecule has 7 heteroatoms. The van der Waals surface area contributed by atoms with Gasteiger partial charge in [-0.05, 0) is 43.8 Å². The quantitative estimate of drug-likeness (QED) is 0.352. The highest BCUT2D eigenvalue weighted by Crippen LogP contribution is 2.50. The van der Waals surface area contributed by atoms with Crippen molar-refractivity contribution >= 4 is 34.8 Å². The Morgan fingerprint density at radius 1 is 1.62 bits per heavy atom. The Balaban J connectivity index is 4.34. The molecule has 0 aromatic heterocycles. The van der Waals surface area contributed by atoms with Crippen LogP contribution in [0.2, 0.25) is 0 Å². The molecule has 0 fully saturated rings. The standard InChI is InChI=1S/C9H17ClNO3PS/c1-5-11-15(10,16)14-8(4)6-9(12)13-7(2)3/h6-7H,5H2,1-4H3,(H,11,16)/b8-6+. The zero-order chi connectivity index (χ0) is 12.8. The van der Waals surface area contributed by atoms with Crippen LogP contribution in [0.15, 0.2) is 11.8 Å². The van der Waals surface area contributed by atoms with Crippen molar-refractivity contribution in [2.75, 3.05) is 6.54 Å². The molecule has 1 unspecified atom stereocenters. The fourth-order valence-corrected chi connectivity index (χ4v) is 3.16. The van der Waals surface area contributed by atoms with Gasteiger partial charge in [0, 0.05) is 6.54 Å². The van der Waals surface area contributed by atoms with Gasteiger partial charge in [-0.25, -0.2) is 9.88 Å². The van der Waals surface area contributed by atoms with Crippen LogP contribution in [0, 0.1) is 0 Å². The molecule has 1 N–H and O–H groups in total. The smallest absolute Gasteiger partial charge is 0.334 e. The SMILES string of the molecule is CCNP(=S)(Cl)O/C(C)=C/C(=O)OC(C)C. The Bertz CT molecular complexity index is 320. The lowest BCUT2D eigenvalue weighted by Gasteiger charge is -2.16. The summed E-state index contributed by atoms with van der Waals surface area (Å²) in [7, 11) is 0. The van der Waals surface area contributed by atoms with E-state index in [2.05, 4.69) is 5.09 Å². The van der Waals surface area contributed by atoms with E-state index in [4.69, 9.17) is 32.3 Å². The Labute approximate surface area is 106 Å². The van der Waals surface area contributed by atoms with E-state index in [0.717, 1.165) is 0 Å². The number of allylic oxidation sites excluding steroid dienone is 1. The molecular formula is C9H17ClNO3PS. The van der Waals surface area contributed by atoms with E-state index in [1.54, 1.807) is 20.8 Å². The maximum Gasteiger partial charge on any atom is 0.334 e. The summed E-state index contributed by atoms with van der Waals surface area (Å²) < 4.78 is 10.2. The molecule has 0 aliphatic rings. The maximum atomic E-state index is 11.2. The molecule has 0 bridgehead atoms. The monoisotopic (exact) mass is 285 g/mol. The van der Waals surface area contributed by atoms with Gasteiger partial charge in [0.2, 0.25) is 0 Å². The number of hydrogen-bond donors (Lipinski definition) is 1. The average Bonchev–Trinajstić information content (AvgIpc) is 1.98. The van der Waals surface area contributed by atoms with Crippen LogP contribution >= 0.6 is 17.0 Å². The van der Waals surface area contributed by atoms with Crippen LogP contribution in [0.1, 0.15) is 27.7 Å². The van der Waals surface area contributed by atoms with E-state index < -0.39 is 11.7 Å². The van der Waals surface area contributed by atoms with Crippen LogP contribution in [0.25, 0.3) is 0 Å². The molecule has 4 nitrogen and oxygen atoms in total. The summed E-state index contributed by atoms with van der Waals surface area (Å²) >= 11 is 10.9. The third-order valence-electron chi connectivity index (χ3n) is 1.28. The first-order chi connectivity index (χ1) is 7.26. The van der Waals surface area contributed by atoms with Crippen LogP contribution in [0.4, 0.5) is 0 Å². The Morgan fingerprint density at radius 3 is 2.62 bits per heavy atom. The number of hydrogen-bond acceptors (Lipinski definition) is 4. The van der Waals surface area contributed by atoms with Crippen LogP contribution in [-0.2, 0) is 25.9 Å². The number of carbonyl (C=O) groups excluding carboxylic acids is 1. The van der Waals surface area contributed by atoms with Crippen LogP contribution in [0.3, 0.4) is 0 Å². The Hall–Kier alpha value is -0.0900. The van der Waals surface area contributed by atoms with E-state index in [0.29, 0.717) is 12.3 Å². The highest BCUT2D eigenvalue weighted by atomic mass is 35.7. The number of esters is 1. The number of nitrogens with one attached hydrogen (secondary N) is 1. The topological polar surface area (TPSA) is 47.6 Å². The fourth-order valence-electron chi connectivity index (χ4n) is 0.865. The summed E-state index contributed by atoms with van der Waals surface area (Å²) in [5.41, 5.74) is 0. The highest BCUT2D eigenvalue weighted by molar-refractivity contribution is 8.23. The third-order valence-corrected chi connectivity index (χ3v) is 3.67. The second-order valence-corrected chi connectivity index (χ2v) is 8.35. The van der Waals surface area contributed by atoms with Crippen LogP contribution in [-0.4, -0.2) is 18.6 Å². The van der Waals surface area contributed by atoms with Crippen LogP contribution < -0.4 is 5.09 Å². The molecule has 0 saturated carbocycles. The Morgan fingerprint density at radius 2 is 2.19 bits per heavy atom. The predicted octanol–water partition coefficient (Wildman–Crippen LogP) is 2.93. The minimum Gasteiger partial charge on any atom is -0.460 e. The van der Waals surface area contributed by atoms with Gasteiger partial charge in [0.1, 0.15) is 5.76 Å². The minimum atomic E-state index is -2.56. The van der Waals surface area contributed by atoms with Gasteiger partial charge in [-0.3, -0.25) is 0 Å². The van der Waals surface area contributed by atoms with E-state index in [9.17, 15) is 4.79 Å². The molecule has 0 aromatic rings. The summed E-state index contributed by atoms with van der Waals surface area (Å²) in [6.45, 7) is 7.64. The molecule has 0 amide bonds. The lowest BCUT2D eigenvalue weighted by Crippen LogP contribution is -2.10. The third kappa shape index (κ3) is 8.11. The molecule has 1 atom stereocenters. The van der Waals surface area contributed by atoms with Gasteiger partial charge in [-0.2, -0.15) is 0 Å². The molecule has 0 aliphatic heterocycles. The molecule has 0 radical (unpaired) electrons. The maximum absolute atomic E-state index is 11.2. The molecule has 0 aromatic carbocycles. The first-order valence-corrected chi connectivity index (χ1v) is 8.52. The van der Waals surface area contributed by atoms with Gasteiger partial charge < -0.3 is 9.26 Å². The lowest BCUT2D eigenvalue weighted by molar-refractivity contribution is -0.141. The van der Waals surface area contributed by atoms with Gasteiger partial charge in [-0.15, -0.1) is 0 Å². The van der Waals surface area contributed by atoms with Gasteiger partial charge in [-0.1, -0.05) is 6.92 Å². The van der Waals surface area contributed by atoms with Crippen molar-refractivity contribution in [2.24, 2.45) is 0 Å². The molecule has 0 heterocycles. The predicted molar refractivity (Wildman–Crippen MR) is 69.9 cm³/mol. The zero-order valence-electron chi connectivity index (χ0n) is 9.82. The number of halogens is 1. The molecule has 0 saturated heterocycles. The summed E-state index contributed by atoms with van der Waals surface area (Å²) in [5, 5.41) is 2.84. The van der Waals surface area contributed by atoms with Gasteiger partial charge in [0.25, 0.3) is 5.77 Å². The van der Waals surface area contributed by atoms with E-state index in [1.807, 2.05) is 6.92 Å². The summed E-state index contributed by atoms with van der Waals surface area (Å²) in [4.78, 5) is 11.2. The first-order valence-electron chi connectivity index (χ1n) is 4.90. The number of rotatable bonds is 6. The van der Waals surface area contributed by atoms with Gasteiger partial charge in [0.05, 0.1) is 12.2 Å². The lowest BCUT2D eigenvalue weighted by atomic mass is 10.4. The molecular weight excluding hydrogens is 269 g/mol. The minimum absolute atomic E-state index is 0.163. The second-order valence-electron chi connectivity index (χ2n) is 3.32. The van der Waals surface area contributed by atoms with Crippen molar-refractivity contribution in [3.63, 3.8) is 0 Å². The number of ether oxygens (including phenoxy) is 1. The number of carbonyl (C=O) groups is 1. The van der Waals surface area contributed by atoms with E-state index in [-0.39, 0.29) is 6.10 Å². The van der Waals surface area contributed by atoms with E-state index >= 15 is 0 Å². The van der Waals surface area contributed by atoms with E-state index in [1.165, 1.54) is 6.08 Å². The second kappa shape index (κ2) is 7.28. The van der Waals surface area contributed by atoms with Crippen molar-refractivity contribution in [3.05, 3.63) is 11.8 Å². The first kappa shape index (κ1) is 15.9. The zero-order valence-corrected chi connectivity index (χ0v) is 12.3. The van der Waals surface area contributed by atoms with Crippen molar-refractivity contribution < 1.29 is 14.1 Å². The normalized spacial score (nSPS) is 15.8. The summed E-state index contributed by atoms with van der Waals surface area (Å²) in [6.07, 6.45) is 1.07. The molecule has 0 rings (SSSR count). The average molecular weight is 286 g/mol. The van der Waals surface area contributed by atoms with Crippen molar-refractivity contribution in [1.29, 1.82) is 0 Å². The molecule has 0 spiro atoms. The van der Waals surface area contributed by atoms with Crippen LogP contribution in [0.5, 0.6) is 0 Å². The molecule has 0 aliphatic carbocycles. The molecule has 16 heavy (non-hydrogen) atoms. The van der Waals surface area contributed by atoms with Crippen molar-refractivity contribution in [2.45, 2.75) is 33.8 Å². The largest absolute Gasteiger partial charge is 0.460 e. The van der Waals surface area contributed by atoms with Crippen molar-refractivity contribution in [1.82, 2.24) is 5.09 Å². The Kier molecular flexibility index (Phi) is 7.24. The fraction of sp³-hybridized carbons (Fsp3) is 0.667. The van der Waals surface area contributed by atoms with Gasteiger partial charge in [0.15, 0.2) is 0 Å². The highest BCUT2D eigenvalue weighted by Gasteiger charge is 2.14. The molecule has 94 valence electrons. The summed E-state index contributed by atoms with van der Waals surface area (Å²) in [6, 6.07) is 0.